The van der Waals surface area contributed by atoms with Gasteiger partial charge in [0.2, 0.25) is 0 Å². The van der Waals surface area contributed by atoms with Gasteiger partial charge < -0.3 is 9.84 Å². The summed E-state index contributed by atoms with van der Waals surface area (Å²) >= 11 is 5.84. The Labute approximate surface area is 117 Å². The molecule has 0 bridgehead atoms. The molecule has 1 aliphatic heterocycles. The van der Waals surface area contributed by atoms with E-state index < -0.39 is 10.0 Å². The number of ether oxygens (including phenoxy) is 1. The summed E-state index contributed by atoms with van der Waals surface area (Å²) in [5, 5.41) is 11.0. The molecular weight excluding hydrogens is 292 g/mol. The lowest BCUT2D eigenvalue weighted by Crippen LogP contribution is -2.48. The van der Waals surface area contributed by atoms with Crippen molar-refractivity contribution >= 4 is 21.6 Å². The molecule has 1 aliphatic rings. The molecule has 19 heavy (non-hydrogen) atoms. The fourth-order valence-corrected chi connectivity index (χ4v) is 3.07. The maximum Gasteiger partial charge on any atom is 0.253 e. The molecule has 2 N–H and O–H groups in total. The van der Waals surface area contributed by atoms with Crippen molar-refractivity contribution in [3.05, 3.63) is 28.8 Å². The Kier molecular flexibility index (Phi) is 4.77. The second-order valence-corrected chi connectivity index (χ2v) is 6.17. The first-order valence-electron chi connectivity index (χ1n) is 5.77. The molecule has 1 heterocycles. The Balaban J connectivity index is 2.18. The third-order valence-corrected chi connectivity index (χ3v) is 4.50. The third kappa shape index (κ3) is 3.65. The number of hydrazine groups is 1. The number of sulfonamides is 1. The third-order valence-electron chi connectivity index (χ3n) is 2.76. The average molecular weight is 307 g/mol. The zero-order chi connectivity index (χ0) is 13.9. The first-order chi connectivity index (χ1) is 9.03. The van der Waals surface area contributed by atoms with Crippen molar-refractivity contribution in [3.8, 4) is 0 Å². The molecule has 1 aromatic rings. The molecule has 1 saturated heterocycles. The van der Waals surface area contributed by atoms with E-state index in [1.165, 1.54) is 18.2 Å². The molecule has 0 amide bonds. The zero-order valence-corrected chi connectivity index (χ0v) is 11.7. The molecule has 0 atom stereocenters. The molecule has 6 nitrogen and oxygen atoms in total. The highest BCUT2D eigenvalue weighted by Crippen LogP contribution is 2.20. The Morgan fingerprint density at radius 1 is 1.37 bits per heavy atom. The lowest BCUT2D eigenvalue weighted by atomic mass is 10.2. The van der Waals surface area contributed by atoms with Crippen molar-refractivity contribution in [2.45, 2.75) is 11.5 Å². The Morgan fingerprint density at radius 2 is 2.05 bits per heavy atom. The predicted molar refractivity (Wildman–Crippen MR) is 70.1 cm³/mol. The number of morpholine rings is 1. The molecule has 8 heteroatoms. The van der Waals surface area contributed by atoms with Crippen LogP contribution in [0.2, 0.25) is 5.02 Å². The fourth-order valence-electron chi connectivity index (χ4n) is 1.72. The van der Waals surface area contributed by atoms with E-state index in [0.717, 1.165) is 0 Å². The summed E-state index contributed by atoms with van der Waals surface area (Å²) in [6, 6.07) is 4.23. The summed E-state index contributed by atoms with van der Waals surface area (Å²) in [4.78, 5) is 2.56. The second-order valence-electron chi connectivity index (χ2n) is 4.11. The highest BCUT2D eigenvalue weighted by molar-refractivity contribution is 7.89. The molecule has 2 rings (SSSR count). The summed E-state index contributed by atoms with van der Waals surface area (Å²) in [7, 11) is -3.66. The molecule has 0 saturated carbocycles. The largest absolute Gasteiger partial charge is 0.392 e. The zero-order valence-electron chi connectivity index (χ0n) is 10.2. The van der Waals surface area contributed by atoms with Crippen molar-refractivity contribution in [2.75, 3.05) is 26.3 Å². The molecule has 0 aromatic heterocycles. The Hall–Kier alpha value is -0.700. The monoisotopic (exact) mass is 306 g/mol. The van der Waals surface area contributed by atoms with Crippen LogP contribution in [0.4, 0.5) is 0 Å². The second kappa shape index (κ2) is 6.17. The number of halogens is 1. The fraction of sp³-hybridized carbons (Fsp3) is 0.455. The van der Waals surface area contributed by atoms with Gasteiger partial charge in [-0.1, -0.05) is 11.6 Å². The van der Waals surface area contributed by atoms with E-state index in [0.29, 0.717) is 36.9 Å². The van der Waals surface area contributed by atoms with Crippen LogP contribution >= 0.6 is 11.6 Å². The molecular formula is C11H15ClN2O4S. The van der Waals surface area contributed by atoms with Crippen LogP contribution in [0.1, 0.15) is 5.56 Å². The number of rotatable bonds is 4. The van der Waals surface area contributed by atoms with E-state index in [9.17, 15) is 8.42 Å². The van der Waals surface area contributed by atoms with Gasteiger partial charge in [0.15, 0.2) is 0 Å². The molecule has 106 valence electrons. The molecule has 0 aliphatic carbocycles. The summed E-state index contributed by atoms with van der Waals surface area (Å²) < 4.78 is 29.5. The van der Waals surface area contributed by atoms with Gasteiger partial charge in [0.05, 0.1) is 24.7 Å². The Bertz CT molecular complexity index is 544. The quantitative estimate of drug-likeness (QED) is 0.839. The molecule has 0 spiro atoms. The van der Waals surface area contributed by atoms with Crippen LogP contribution in [0.25, 0.3) is 0 Å². The standard InChI is InChI=1S/C11H15ClN2O4S/c12-11-2-1-10(7-9(11)8-15)19(16,17)13-14-3-5-18-6-4-14/h1-2,7,13,15H,3-6,8H2. The minimum absolute atomic E-state index is 0.0763. The van der Waals surface area contributed by atoms with E-state index in [1.807, 2.05) is 0 Å². The topological polar surface area (TPSA) is 78.9 Å². The highest BCUT2D eigenvalue weighted by Gasteiger charge is 2.20. The van der Waals surface area contributed by atoms with Gasteiger partial charge >= 0.3 is 0 Å². The normalized spacial score (nSPS) is 17.6. The van der Waals surface area contributed by atoms with Gasteiger partial charge in [-0.2, -0.15) is 0 Å². The number of benzene rings is 1. The van der Waals surface area contributed by atoms with E-state index in [2.05, 4.69) is 4.83 Å². The SMILES string of the molecule is O=S(=O)(NN1CCOCC1)c1ccc(Cl)c(CO)c1. The molecule has 1 fully saturated rings. The van der Waals surface area contributed by atoms with Crippen LogP contribution in [0.5, 0.6) is 0 Å². The van der Waals surface area contributed by atoms with Gasteiger partial charge in [-0.05, 0) is 23.8 Å². The summed E-state index contributed by atoms with van der Waals surface area (Å²) in [5.74, 6) is 0. The lowest BCUT2D eigenvalue weighted by Gasteiger charge is -2.26. The minimum Gasteiger partial charge on any atom is -0.392 e. The van der Waals surface area contributed by atoms with E-state index in [4.69, 9.17) is 21.4 Å². The number of hydrogen-bond acceptors (Lipinski definition) is 5. The molecule has 0 unspecified atom stereocenters. The van der Waals surface area contributed by atoms with Gasteiger partial charge in [-0.25, -0.2) is 13.4 Å². The van der Waals surface area contributed by atoms with Gasteiger partial charge in [0.25, 0.3) is 10.0 Å². The van der Waals surface area contributed by atoms with Crippen molar-refractivity contribution in [3.63, 3.8) is 0 Å². The molecule has 1 aromatic carbocycles. The van der Waals surface area contributed by atoms with Crippen LogP contribution in [0.3, 0.4) is 0 Å². The van der Waals surface area contributed by atoms with Gasteiger partial charge in [0, 0.05) is 18.1 Å². The van der Waals surface area contributed by atoms with Crippen molar-refractivity contribution in [1.29, 1.82) is 0 Å². The van der Waals surface area contributed by atoms with Crippen LogP contribution in [-0.2, 0) is 21.4 Å². The lowest BCUT2D eigenvalue weighted by molar-refractivity contribution is 0.0272. The number of nitrogens with one attached hydrogen (secondary N) is 1. The smallest absolute Gasteiger partial charge is 0.253 e. The number of hydrogen-bond donors (Lipinski definition) is 2. The summed E-state index contributed by atoms with van der Waals surface area (Å²) in [6.45, 7) is 1.68. The van der Waals surface area contributed by atoms with Crippen LogP contribution < -0.4 is 4.83 Å². The van der Waals surface area contributed by atoms with Crippen LogP contribution in [-0.4, -0.2) is 44.8 Å². The summed E-state index contributed by atoms with van der Waals surface area (Å²) in [5.41, 5.74) is 0.381. The van der Waals surface area contributed by atoms with Gasteiger partial charge in [0.1, 0.15) is 0 Å². The minimum atomic E-state index is -3.66. The highest BCUT2D eigenvalue weighted by atomic mass is 35.5. The number of aliphatic hydroxyl groups excluding tert-OH is 1. The predicted octanol–water partition coefficient (Wildman–Crippen LogP) is 0.358. The van der Waals surface area contributed by atoms with E-state index in [1.54, 1.807) is 5.01 Å². The van der Waals surface area contributed by atoms with E-state index >= 15 is 0 Å². The Morgan fingerprint density at radius 3 is 2.68 bits per heavy atom. The van der Waals surface area contributed by atoms with E-state index in [-0.39, 0.29) is 11.5 Å². The first-order valence-corrected chi connectivity index (χ1v) is 7.63. The van der Waals surface area contributed by atoms with Crippen molar-refractivity contribution in [1.82, 2.24) is 9.84 Å². The van der Waals surface area contributed by atoms with Crippen LogP contribution in [0, 0.1) is 0 Å². The number of aliphatic hydroxyl groups is 1. The summed E-state index contributed by atoms with van der Waals surface area (Å²) in [6.07, 6.45) is 0. The first kappa shape index (κ1) is 14.7. The molecule has 0 radical (unpaired) electrons. The van der Waals surface area contributed by atoms with Crippen molar-refractivity contribution < 1.29 is 18.3 Å². The van der Waals surface area contributed by atoms with Crippen LogP contribution in [0.15, 0.2) is 23.1 Å². The van der Waals surface area contributed by atoms with Gasteiger partial charge in [-0.3, -0.25) is 0 Å². The van der Waals surface area contributed by atoms with Crippen molar-refractivity contribution in [2.24, 2.45) is 0 Å². The van der Waals surface area contributed by atoms with Gasteiger partial charge in [-0.15, -0.1) is 4.83 Å². The maximum absolute atomic E-state index is 12.2. The average Bonchev–Trinajstić information content (AvgIpc) is 2.39. The maximum atomic E-state index is 12.2. The number of nitrogens with zero attached hydrogens (tertiary/aromatic N) is 1.